The van der Waals surface area contributed by atoms with Crippen LogP contribution in [0.2, 0.25) is 0 Å². The zero-order valence-electron chi connectivity index (χ0n) is 15.9. The molecule has 2 aromatic rings. The first-order valence-electron chi connectivity index (χ1n) is 9.10. The van der Waals surface area contributed by atoms with Gasteiger partial charge >= 0.3 is 0 Å². The SMILES string of the molecule is Cc1ccc(C(=O)CCC(=O)CCC(=O)NC(C)Cc2c(F)cccc2F)s1. The molecule has 0 aliphatic rings. The molecule has 7 heteroatoms. The standard InChI is InChI=1S/C21H23F2NO3S/c1-13(12-16-17(22)4-3-5-18(16)23)24-21(27)11-8-15(25)7-9-19(26)20-10-6-14(2)28-20/h3-6,10,13H,7-9,11-12H2,1-2H3,(H,24,27). The van der Waals surface area contributed by atoms with E-state index in [1.165, 1.54) is 29.5 Å². The van der Waals surface area contributed by atoms with Crippen LogP contribution in [0.1, 0.15) is 52.7 Å². The molecule has 0 aliphatic heterocycles. The molecule has 0 fully saturated rings. The van der Waals surface area contributed by atoms with Gasteiger partial charge in [0, 0.05) is 42.2 Å². The number of amides is 1. The number of aryl methyl sites for hydroxylation is 1. The molecule has 0 saturated carbocycles. The maximum atomic E-state index is 13.7. The molecule has 4 nitrogen and oxygen atoms in total. The van der Waals surface area contributed by atoms with E-state index in [4.69, 9.17) is 0 Å². The highest BCUT2D eigenvalue weighted by molar-refractivity contribution is 7.14. The van der Waals surface area contributed by atoms with E-state index in [1.54, 1.807) is 13.0 Å². The molecule has 0 radical (unpaired) electrons. The monoisotopic (exact) mass is 407 g/mol. The Morgan fingerprint density at radius 2 is 1.64 bits per heavy atom. The largest absolute Gasteiger partial charge is 0.353 e. The van der Waals surface area contributed by atoms with Crippen molar-refractivity contribution in [3.8, 4) is 0 Å². The predicted octanol–water partition coefficient (Wildman–Crippen LogP) is 4.39. The number of ketones is 2. The van der Waals surface area contributed by atoms with Crippen LogP contribution in [0.3, 0.4) is 0 Å². The van der Waals surface area contributed by atoms with Crippen LogP contribution in [0.25, 0.3) is 0 Å². The normalized spacial score (nSPS) is 11.9. The van der Waals surface area contributed by atoms with Crippen molar-refractivity contribution in [2.75, 3.05) is 0 Å². The average Bonchev–Trinajstić information content (AvgIpc) is 3.07. The summed E-state index contributed by atoms with van der Waals surface area (Å²) in [5.41, 5.74) is -0.0753. The summed E-state index contributed by atoms with van der Waals surface area (Å²) in [6, 6.07) is 6.76. The van der Waals surface area contributed by atoms with Gasteiger partial charge in [0.05, 0.1) is 4.88 Å². The Balaban J connectivity index is 1.71. The van der Waals surface area contributed by atoms with Crippen molar-refractivity contribution in [1.82, 2.24) is 5.32 Å². The molecule has 0 spiro atoms. The second-order valence-corrected chi connectivity index (χ2v) is 8.03. The Hall–Kier alpha value is -2.41. The van der Waals surface area contributed by atoms with E-state index >= 15 is 0 Å². The van der Waals surface area contributed by atoms with Crippen LogP contribution in [0, 0.1) is 18.6 Å². The minimum Gasteiger partial charge on any atom is -0.353 e. The third kappa shape index (κ3) is 6.64. The molecule has 28 heavy (non-hydrogen) atoms. The number of Topliss-reactive ketones (excluding diaryl/α,β-unsaturated/α-hetero) is 2. The van der Waals surface area contributed by atoms with Crippen LogP contribution in [-0.4, -0.2) is 23.5 Å². The molecule has 0 aliphatic carbocycles. The van der Waals surface area contributed by atoms with E-state index in [-0.39, 0.29) is 55.1 Å². The quantitative estimate of drug-likeness (QED) is 0.594. The van der Waals surface area contributed by atoms with E-state index in [0.717, 1.165) is 4.88 Å². The Morgan fingerprint density at radius 1 is 1.00 bits per heavy atom. The van der Waals surface area contributed by atoms with Gasteiger partial charge in [0.25, 0.3) is 0 Å². The minimum absolute atomic E-state index is 0.0186. The first-order chi connectivity index (χ1) is 13.3. The molecule has 0 bridgehead atoms. The van der Waals surface area contributed by atoms with Gasteiger partial charge in [-0.15, -0.1) is 11.3 Å². The average molecular weight is 407 g/mol. The highest BCUT2D eigenvalue weighted by Crippen LogP contribution is 2.18. The smallest absolute Gasteiger partial charge is 0.220 e. The summed E-state index contributed by atoms with van der Waals surface area (Å²) >= 11 is 1.40. The van der Waals surface area contributed by atoms with Crippen molar-refractivity contribution in [3.05, 3.63) is 57.3 Å². The summed E-state index contributed by atoms with van der Waals surface area (Å²) in [7, 11) is 0. The van der Waals surface area contributed by atoms with Crippen molar-refractivity contribution in [3.63, 3.8) is 0 Å². The van der Waals surface area contributed by atoms with Gasteiger partial charge in [0.1, 0.15) is 17.4 Å². The van der Waals surface area contributed by atoms with Crippen LogP contribution < -0.4 is 5.32 Å². The lowest BCUT2D eigenvalue weighted by atomic mass is 10.0. The number of halogens is 2. The van der Waals surface area contributed by atoms with Crippen LogP contribution in [-0.2, 0) is 16.0 Å². The van der Waals surface area contributed by atoms with Gasteiger partial charge in [-0.25, -0.2) is 8.78 Å². The summed E-state index contributed by atoms with van der Waals surface area (Å²) in [6.07, 6.45) is 0.258. The number of carbonyl (C=O) groups excluding carboxylic acids is 3. The third-order valence-electron chi connectivity index (χ3n) is 4.26. The molecule has 1 unspecified atom stereocenters. The maximum Gasteiger partial charge on any atom is 0.220 e. The fraction of sp³-hybridized carbons (Fsp3) is 0.381. The summed E-state index contributed by atoms with van der Waals surface area (Å²) in [6.45, 7) is 3.56. The van der Waals surface area contributed by atoms with Gasteiger partial charge in [0.15, 0.2) is 5.78 Å². The second kappa shape index (κ2) is 10.2. The lowest BCUT2D eigenvalue weighted by Crippen LogP contribution is -2.34. The fourth-order valence-corrected chi connectivity index (χ4v) is 3.60. The van der Waals surface area contributed by atoms with Crippen molar-refractivity contribution < 1.29 is 23.2 Å². The third-order valence-corrected chi connectivity index (χ3v) is 5.30. The summed E-state index contributed by atoms with van der Waals surface area (Å²) in [4.78, 5) is 37.6. The number of rotatable bonds is 10. The fourth-order valence-electron chi connectivity index (χ4n) is 2.77. The van der Waals surface area contributed by atoms with Crippen LogP contribution in [0.15, 0.2) is 30.3 Å². The lowest BCUT2D eigenvalue weighted by Gasteiger charge is -2.15. The first kappa shape index (κ1) is 21.9. The maximum absolute atomic E-state index is 13.7. The van der Waals surface area contributed by atoms with Crippen LogP contribution in [0.5, 0.6) is 0 Å². The number of hydrogen-bond acceptors (Lipinski definition) is 4. The van der Waals surface area contributed by atoms with Crippen molar-refractivity contribution >= 4 is 28.8 Å². The van der Waals surface area contributed by atoms with Gasteiger partial charge in [-0.05, 0) is 44.5 Å². The zero-order valence-corrected chi connectivity index (χ0v) is 16.7. The molecular formula is C21H23F2NO3S. The summed E-state index contributed by atoms with van der Waals surface area (Å²) < 4.78 is 27.3. The predicted molar refractivity (Wildman–Crippen MR) is 105 cm³/mol. The topological polar surface area (TPSA) is 63.2 Å². The molecule has 1 aromatic carbocycles. The number of nitrogens with one attached hydrogen (secondary N) is 1. The van der Waals surface area contributed by atoms with Crippen molar-refractivity contribution in [2.45, 2.75) is 52.0 Å². The molecule has 2 rings (SSSR count). The van der Waals surface area contributed by atoms with Crippen molar-refractivity contribution in [1.29, 1.82) is 0 Å². The molecule has 0 saturated heterocycles. The van der Waals surface area contributed by atoms with E-state index in [2.05, 4.69) is 5.32 Å². The zero-order chi connectivity index (χ0) is 20.7. The van der Waals surface area contributed by atoms with Gasteiger partial charge in [-0.1, -0.05) is 6.07 Å². The molecule has 150 valence electrons. The number of benzene rings is 1. The number of thiophene rings is 1. The molecule has 1 atom stereocenters. The van der Waals surface area contributed by atoms with E-state index in [1.807, 2.05) is 13.0 Å². The second-order valence-electron chi connectivity index (χ2n) is 6.75. The minimum atomic E-state index is -0.651. The molecule has 1 N–H and O–H groups in total. The van der Waals surface area contributed by atoms with Gasteiger partial charge in [0.2, 0.25) is 5.91 Å². The molecule has 1 amide bonds. The highest BCUT2D eigenvalue weighted by atomic mass is 32.1. The Bertz CT molecular complexity index is 843. The molecule has 1 aromatic heterocycles. The molecular weight excluding hydrogens is 384 g/mol. The van der Waals surface area contributed by atoms with Crippen LogP contribution in [0.4, 0.5) is 8.78 Å². The van der Waals surface area contributed by atoms with E-state index in [0.29, 0.717) is 4.88 Å². The lowest BCUT2D eigenvalue weighted by molar-refractivity contribution is -0.125. The van der Waals surface area contributed by atoms with Crippen molar-refractivity contribution in [2.24, 2.45) is 0 Å². The van der Waals surface area contributed by atoms with Gasteiger partial charge < -0.3 is 5.32 Å². The summed E-state index contributed by atoms with van der Waals surface area (Å²) in [5, 5.41) is 2.64. The van der Waals surface area contributed by atoms with E-state index in [9.17, 15) is 23.2 Å². The summed E-state index contributed by atoms with van der Waals surface area (Å²) in [5.74, 6) is -1.90. The van der Waals surface area contributed by atoms with Crippen LogP contribution >= 0.6 is 11.3 Å². The Morgan fingerprint density at radius 3 is 2.25 bits per heavy atom. The van der Waals surface area contributed by atoms with Gasteiger partial charge in [-0.2, -0.15) is 0 Å². The first-order valence-corrected chi connectivity index (χ1v) is 9.91. The number of carbonyl (C=O) groups is 3. The molecule has 1 heterocycles. The van der Waals surface area contributed by atoms with Gasteiger partial charge in [-0.3, -0.25) is 14.4 Å². The number of hydrogen-bond donors (Lipinski definition) is 1. The van der Waals surface area contributed by atoms with E-state index < -0.39 is 17.7 Å². The Labute approximate surface area is 167 Å². The highest BCUT2D eigenvalue weighted by Gasteiger charge is 2.16. The Kier molecular flexibility index (Phi) is 7.99.